The summed E-state index contributed by atoms with van der Waals surface area (Å²) in [6.07, 6.45) is 4.04. The van der Waals surface area contributed by atoms with Crippen LogP contribution in [0.25, 0.3) is 0 Å². The molecule has 1 fully saturated rings. The van der Waals surface area contributed by atoms with E-state index in [1.165, 1.54) is 24.8 Å². The van der Waals surface area contributed by atoms with Gasteiger partial charge in [0.2, 0.25) is 0 Å². The van der Waals surface area contributed by atoms with Crippen LogP contribution >= 0.6 is 0 Å². The molecule has 2 unspecified atom stereocenters. The molecular weight excluding hydrogens is 210 g/mol. The van der Waals surface area contributed by atoms with Crippen molar-refractivity contribution in [2.75, 3.05) is 20.2 Å². The Morgan fingerprint density at radius 2 is 2.24 bits per heavy atom. The Kier molecular flexibility index (Phi) is 4.43. The van der Waals surface area contributed by atoms with E-state index in [1.54, 1.807) is 7.11 Å². The van der Waals surface area contributed by atoms with Crippen LogP contribution in [0.4, 0.5) is 0 Å². The van der Waals surface area contributed by atoms with Crippen molar-refractivity contribution in [1.82, 2.24) is 5.32 Å². The van der Waals surface area contributed by atoms with Gasteiger partial charge in [0.1, 0.15) is 5.75 Å². The normalized spacial score (nSPS) is 23.9. The molecule has 1 aromatic rings. The fraction of sp³-hybridized carbons (Fsp3) is 0.600. The summed E-state index contributed by atoms with van der Waals surface area (Å²) in [7, 11) is 1.74. The van der Waals surface area contributed by atoms with E-state index in [-0.39, 0.29) is 0 Å². The van der Waals surface area contributed by atoms with Gasteiger partial charge in [-0.3, -0.25) is 0 Å². The molecule has 1 N–H and O–H groups in total. The Hall–Kier alpha value is -1.02. The Bertz CT molecular complexity index is 351. The second-order valence-corrected chi connectivity index (χ2v) is 4.88. The first-order chi connectivity index (χ1) is 8.35. The highest BCUT2D eigenvalue weighted by Crippen LogP contribution is 2.40. The van der Waals surface area contributed by atoms with Crippen molar-refractivity contribution in [1.29, 1.82) is 0 Å². The molecule has 0 spiro atoms. The van der Waals surface area contributed by atoms with E-state index in [2.05, 4.69) is 30.4 Å². The van der Waals surface area contributed by atoms with Crippen LogP contribution in [-0.2, 0) is 0 Å². The average molecular weight is 233 g/mol. The van der Waals surface area contributed by atoms with Gasteiger partial charge in [-0.05, 0) is 55.5 Å². The van der Waals surface area contributed by atoms with E-state index in [0.29, 0.717) is 5.92 Å². The van der Waals surface area contributed by atoms with Gasteiger partial charge in [-0.15, -0.1) is 0 Å². The van der Waals surface area contributed by atoms with Gasteiger partial charge >= 0.3 is 0 Å². The van der Waals surface area contributed by atoms with E-state index in [1.807, 2.05) is 6.07 Å². The lowest BCUT2D eigenvalue weighted by Gasteiger charge is -2.20. The van der Waals surface area contributed by atoms with Crippen molar-refractivity contribution in [3.63, 3.8) is 0 Å². The van der Waals surface area contributed by atoms with Crippen LogP contribution < -0.4 is 10.1 Å². The first-order valence-electron chi connectivity index (χ1n) is 6.69. The highest BCUT2D eigenvalue weighted by Gasteiger charge is 2.28. The van der Waals surface area contributed by atoms with Crippen LogP contribution in [0.3, 0.4) is 0 Å². The fourth-order valence-electron chi connectivity index (χ4n) is 2.92. The van der Waals surface area contributed by atoms with Gasteiger partial charge in [0.05, 0.1) is 7.11 Å². The maximum atomic E-state index is 5.32. The van der Waals surface area contributed by atoms with Crippen molar-refractivity contribution in [2.45, 2.75) is 32.1 Å². The third kappa shape index (κ3) is 3.01. The summed E-state index contributed by atoms with van der Waals surface area (Å²) < 4.78 is 5.32. The van der Waals surface area contributed by atoms with E-state index < -0.39 is 0 Å². The summed E-state index contributed by atoms with van der Waals surface area (Å²) in [5, 5.41) is 3.49. The number of ether oxygens (including phenoxy) is 1. The van der Waals surface area contributed by atoms with Gasteiger partial charge in [0, 0.05) is 0 Å². The third-order valence-corrected chi connectivity index (χ3v) is 3.84. The minimum Gasteiger partial charge on any atom is -0.497 e. The molecule has 2 rings (SSSR count). The number of nitrogens with one attached hydrogen (secondary N) is 1. The molecule has 0 radical (unpaired) electrons. The maximum Gasteiger partial charge on any atom is 0.119 e. The van der Waals surface area contributed by atoms with Crippen molar-refractivity contribution in [2.24, 2.45) is 5.92 Å². The Morgan fingerprint density at radius 1 is 1.35 bits per heavy atom. The van der Waals surface area contributed by atoms with Gasteiger partial charge < -0.3 is 10.1 Å². The van der Waals surface area contributed by atoms with Gasteiger partial charge in [-0.25, -0.2) is 0 Å². The first-order valence-corrected chi connectivity index (χ1v) is 6.69. The molecule has 0 heterocycles. The highest BCUT2D eigenvalue weighted by molar-refractivity contribution is 5.31. The van der Waals surface area contributed by atoms with Crippen molar-refractivity contribution >= 4 is 0 Å². The summed E-state index contributed by atoms with van der Waals surface area (Å²) in [6.45, 7) is 4.40. The van der Waals surface area contributed by atoms with Gasteiger partial charge in [-0.1, -0.05) is 25.5 Å². The van der Waals surface area contributed by atoms with Crippen molar-refractivity contribution in [3.05, 3.63) is 29.8 Å². The zero-order chi connectivity index (χ0) is 12.1. The zero-order valence-electron chi connectivity index (χ0n) is 10.9. The standard InChI is InChI=1S/C15H23NO/c1-3-16-11-13-7-5-9-15(13)12-6-4-8-14(10-12)17-2/h4,6,8,10,13,15-16H,3,5,7,9,11H2,1-2H3. The number of hydrogen-bond donors (Lipinski definition) is 1. The van der Waals surface area contributed by atoms with Crippen LogP contribution in [0.5, 0.6) is 5.75 Å². The molecule has 94 valence electrons. The predicted molar refractivity (Wildman–Crippen MR) is 71.6 cm³/mol. The summed E-state index contributed by atoms with van der Waals surface area (Å²) in [6, 6.07) is 8.58. The highest BCUT2D eigenvalue weighted by atomic mass is 16.5. The lowest BCUT2D eigenvalue weighted by Crippen LogP contribution is -2.24. The fourth-order valence-corrected chi connectivity index (χ4v) is 2.92. The molecule has 2 atom stereocenters. The van der Waals surface area contributed by atoms with Gasteiger partial charge in [0.25, 0.3) is 0 Å². The molecule has 1 aromatic carbocycles. The molecule has 0 bridgehead atoms. The molecule has 17 heavy (non-hydrogen) atoms. The summed E-state index contributed by atoms with van der Waals surface area (Å²) in [5.41, 5.74) is 1.45. The summed E-state index contributed by atoms with van der Waals surface area (Å²) in [5.74, 6) is 2.49. The predicted octanol–water partition coefficient (Wildman–Crippen LogP) is 3.19. The molecule has 1 aliphatic rings. The number of hydrogen-bond acceptors (Lipinski definition) is 2. The SMILES string of the molecule is CCNCC1CCCC1c1cccc(OC)c1. The Labute approximate surface area is 104 Å². The van der Waals surface area contributed by atoms with Crippen LogP contribution in [0.1, 0.15) is 37.7 Å². The Morgan fingerprint density at radius 3 is 3.00 bits per heavy atom. The average Bonchev–Trinajstić information content (AvgIpc) is 2.84. The second kappa shape index (κ2) is 6.06. The maximum absolute atomic E-state index is 5.32. The van der Waals surface area contributed by atoms with Crippen LogP contribution in [0.15, 0.2) is 24.3 Å². The largest absolute Gasteiger partial charge is 0.497 e. The van der Waals surface area contributed by atoms with E-state index in [0.717, 1.165) is 24.8 Å². The van der Waals surface area contributed by atoms with E-state index in [9.17, 15) is 0 Å². The minimum absolute atomic E-state index is 0.712. The van der Waals surface area contributed by atoms with E-state index >= 15 is 0 Å². The quantitative estimate of drug-likeness (QED) is 0.843. The third-order valence-electron chi connectivity index (χ3n) is 3.84. The second-order valence-electron chi connectivity index (χ2n) is 4.88. The summed E-state index contributed by atoms with van der Waals surface area (Å²) >= 11 is 0. The number of benzene rings is 1. The molecule has 0 aromatic heterocycles. The zero-order valence-corrected chi connectivity index (χ0v) is 10.9. The lowest BCUT2D eigenvalue weighted by molar-refractivity contribution is 0.411. The molecule has 2 heteroatoms. The number of methoxy groups -OCH3 is 1. The number of rotatable bonds is 5. The van der Waals surface area contributed by atoms with Crippen molar-refractivity contribution < 1.29 is 4.74 Å². The Balaban J connectivity index is 2.08. The van der Waals surface area contributed by atoms with E-state index in [4.69, 9.17) is 4.74 Å². The van der Waals surface area contributed by atoms with Gasteiger partial charge in [0.15, 0.2) is 0 Å². The molecule has 0 saturated heterocycles. The lowest BCUT2D eigenvalue weighted by atomic mass is 9.89. The van der Waals surface area contributed by atoms with Crippen LogP contribution in [-0.4, -0.2) is 20.2 Å². The monoisotopic (exact) mass is 233 g/mol. The van der Waals surface area contributed by atoms with Crippen molar-refractivity contribution in [3.8, 4) is 5.75 Å². The molecule has 2 nitrogen and oxygen atoms in total. The topological polar surface area (TPSA) is 21.3 Å². The molecule has 1 aliphatic carbocycles. The first kappa shape index (κ1) is 12.4. The van der Waals surface area contributed by atoms with Crippen LogP contribution in [0.2, 0.25) is 0 Å². The molecule has 0 aliphatic heterocycles. The smallest absolute Gasteiger partial charge is 0.119 e. The van der Waals surface area contributed by atoms with Crippen LogP contribution in [0, 0.1) is 5.92 Å². The molecule has 1 saturated carbocycles. The molecular formula is C15H23NO. The van der Waals surface area contributed by atoms with Gasteiger partial charge in [-0.2, -0.15) is 0 Å². The molecule has 0 amide bonds. The minimum atomic E-state index is 0.712. The summed E-state index contributed by atoms with van der Waals surface area (Å²) in [4.78, 5) is 0.